The predicted molar refractivity (Wildman–Crippen MR) is 116 cm³/mol. The quantitative estimate of drug-likeness (QED) is 0.748. The summed E-state index contributed by atoms with van der Waals surface area (Å²) in [7, 11) is 0. The largest absolute Gasteiger partial charge is 0.444 e. The number of amides is 2. The molecule has 1 aromatic heterocycles. The van der Waals surface area contributed by atoms with Crippen LogP contribution >= 0.6 is 0 Å². The normalized spacial score (nSPS) is 17.6. The Morgan fingerprint density at radius 2 is 1.50 bits per heavy atom. The van der Waals surface area contributed by atoms with Crippen molar-refractivity contribution >= 4 is 12.0 Å². The Balaban J connectivity index is 1.41. The number of rotatable bonds is 4. The lowest BCUT2D eigenvalue weighted by Gasteiger charge is -2.39. The van der Waals surface area contributed by atoms with Gasteiger partial charge in [0.1, 0.15) is 5.60 Å². The van der Waals surface area contributed by atoms with Crippen molar-refractivity contribution in [1.82, 2.24) is 14.4 Å². The first kappa shape index (κ1) is 20.5. The molecule has 1 aliphatic heterocycles. The fourth-order valence-corrected chi connectivity index (χ4v) is 4.07. The van der Waals surface area contributed by atoms with Gasteiger partial charge in [-0.3, -0.25) is 4.79 Å². The van der Waals surface area contributed by atoms with Gasteiger partial charge in [-0.2, -0.15) is 0 Å². The minimum Gasteiger partial charge on any atom is -0.444 e. The predicted octanol–water partition coefficient (Wildman–Crippen LogP) is 4.48. The molecule has 2 aliphatic rings. The van der Waals surface area contributed by atoms with E-state index in [1.54, 1.807) is 4.90 Å². The number of hydrogen-bond acceptors (Lipinski definition) is 3. The molecule has 1 saturated heterocycles. The van der Waals surface area contributed by atoms with Crippen molar-refractivity contribution in [2.75, 3.05) is 13.1 Å². The highest BCUT2D eigenvalue weighted by Crippen LogP contribution is 2.33. The highest BCUT2D eigenvalue weighted by molar-refractivity contribution is 5.95. The van der Waals surface area contributed by atoms with E-state index in [4.69, 9.17) is 4.74 Å². The maximum absolute atomic E-state index is 13.3. The summed E-state index contributed by atoms with van der Waals surface area (Å²) >= 11 is 0. The number of likely N-dealkylation sites (tertiary alicyclic amines) is 1. The average Bonchev–Trinajstić information content (AvgIpc) is 3.39. The molecule has 2 fully saturated rings. The number of nitrogens with zero attached hydrogens (tertiary/aromatic N) is 3. The van der Waals surface area contributed by atoms with E-state index in [9.17, 15) is 9.59 Å². The topological polar surface area (TPSA) is 54.8 Å². The molecule has 160 valence electrons. The second kappa shape index (κ2) is 8.17. The zero-order valence-corrected chi connectivity index (χ0v) is 18.1. The van der Waals surface area contributed by atoms with E-state index in [1.165, 1.54) is 0 Å². The van der Waals surface area contributed by atoms with E-state index in [2.05, 4.69) is 4.90 Å². The molecule has 2 aromatic rings. The summed E-state index contributed by atoms with van der Waals surface area (Å²) in [6, 6.07) is 12.3. The van der Waals surface area contributed by atoms with E-state index < -0.39 is 5.60 Å². The average molecular weight is 410 g/mol. The van der Waals surface area contributed by atoms with Gasteiger partial charge in [0.15, 0.2) is 0 Å². The van der Waals surface area contributed by atoms with Crippen molar-refractivity contribution in [1.29, 1.82) is 0 Å². The number of carbonyl (C=O) groups excluding carboxylic acids is 2. The Morgan fingerprint density at radius 1 is 0.933 bits per heavy atom. The van der Waals surface area contributed by atoms with E-state index in [1.807, 2.05) is 74.1 Å². The summed E-state index contributed by atoms with van der Waals surface area (Å²) in [5.74, 6) is 0.104. The van der Waals surface area contributed by atoms with Crippen LogP contribution in [0.25, 0.3) is 5.69 Å². The van der Waals surface area contributed by atoms with Crippen LogP contribution in [0.2, 0.25) is 0 Å². The molecule has 4 rings (SSSR count). The molecular weight excluding hydrogens is 378 g/mol. The summed E-state index contributed by atoms with van der Waals surface area (Å²) < 4.78 is 7.52. The van der Waals surface area contributed by atoms with E-state index >= 15 is 0 Å². The number of hydrogen-bond donors (Lipinski definition) is 0. The van der Waals surface area contributed by atoms with Crippen molar-refractivity contribution in [3.05, 3.63) is 54.4 Å². The van der Waals surface area contributed by atoms with E-state index in [0.717, 1.165) is 36.9 Å². The second-order valence-electron chi connectivity index (χ2n) is 9.28. The van der Waals surface area contributed by atoms with Gasteiger partial charge in [-0.1, -0.05) is 0 Å². The van der Waals surface area contributed by atoms with Crippen LogP contribution in [0.5, 0.6) is 0 Å². The fourth-order valence-electron chi connectivity index (χ4n) is 4.07. The van der Waals surface area contributed by atoms with Gasteiger partial charge in [0, 0.05) is 48.8 Å². The van der Waals surface area contributed by atoms with E-state index in [-0.39, 0.29) is 18.0 Å². The van der Waals surface area contributed by atoms with Crippen LogP contribution in [0, 0.1) is 0 Å². The molecule has 0 atom stereocenters. The minimum atomic E-state index is -0.489. The summed E-state index contributed by atoms with van der Waals surface area (Å²) in [6.07, 6.45) is 7.45. The third-order valence-corrected chi connectivity index (χ3v) is 5.70. The summed E-state index contributed by atoms with van der Waals surface area (Å²) in [4.78, 5) is 29.5. The minimum absolute atomic E-state index is 0.104. The van der Waals surface area contributed by atoms with Crippen LogP contribution in [0.4, 0.5) is 4.79 Å². The first-order valence-corrected chi connectivity index (χ1v) is 10.9. The Hall–Kier alpha value is -2.76. The smallest absolute Gasteiger partial charge is 0.410 e. The first-order chi connectivity index (χ1) is 14.3. The highest BCUT2D eigenvalue weighted by Gasteiger charge is 2.39. The zero-order chi connectivity index (χ0) is 21.3. The van der Waals surface area contributed by atoms with Gasteiger partial charge in [-0.05, 0) is 82.9 Å². The van der Waals surface area contributed by atoms with Gasteiger partial charge in [-0.15, -0.1) is 0 Å². The summed E-state index contributed by atoms with van der Waals surface area (Å²) in [5, 5.41) is 0. The molecule has 0 spiro atoms. The van der Waals surface area contributed by atoms with Crippen molar-refractivity contribution in [3.8, 4) is 5.69 Å². The van der Waals surface area contributed by atoms with Crippen molar-refractivity contribution < 1.29 is 14.3 Å². The zero-order valence-electron chi connectivity index (χ0n) is 18.1. The molecule has 0 bridgehead atoms. The molecule has 1 aromatic carbocycles. The lowest BCUT2D eigenvalue weighted by Crippen LogP contribution is -2.50. The standard InChI is InChI=1S/C24H31N3O3/c1-24(2,3)30-23(29)26-16-12-21(13-17-26)27(20-10-11-20)22(28)18-6-8-19(9-7-18)25-14-4-5-15-25/h4-9,14-15,20-21H,10-13,16-17H2,1-3H3. The van der Waals surface area contributed by atoms with Crippen LogP contribution < -0.4 is 0 Å². The van der Waals surface area contributed by atoms with Gasteiger partial charge < -0.3 is 19.1 Å². The molecule has 1 aliphatic carbocycles. The maximum atomic E-state index is 13.3. The molecule has 6 nitrogen and oxygen atoms in total. The SMILES string of the molecule is CC(C)(C)OC(=O)N1CCC(N(C(=O)c2ccc(-n3cccc3)cc2)C2CC2)CC1. The van der Waals surface area contributed by atoms with Crippen LogP contribution in [0.15, 0.2) is 48.8 Å². The third-order valence-electron chi connectivity index (χ3n) is 5.70. The van der Waals surface area contributed by atoms with Gasteiger partial charge in [0.05, 0.1) is 0 Å². The van der Waals surface area contributed by atoms with Crippen molar-refractivity contribution in [2.24, 2.45) is 0 Å². The van der Waals surface area contributed by atoms with Crippen LogP contribution in [0.3, 0.4) is 0 Å². The molecular formula is C24H31N3O3. The lowest BCUT2D eigenvalue weighted by atomic mass is 10.0. The first-order valence-electron chi connectivity index (χ1n) is 10.9. The number of piperidine rings is 1. The molecule has 0 unspecified atom stereocenters. The Morgan fingerprint density at radius 3 is 2.03 bits per heavy atom. The molecule has 2 amide bonds. The van der Waals surface area contributed by atoms with Crippen LogP contribution in [0.1, 0.15) is 56.8 Å². The Kier molecular flexibility index (Phi) is 5.58. The van der Waals surface area contributed by atoms with Crippen molar-refractivity contribution in [2.45, 2.75) is 64.1 Å². The molecule has 1 saturated carbocycles. The van der Waals surface area contributed by atoms with Gasteiger partial charge >= 0.3 is 6.09 Å². The van der Waals surface area contributed by atoms with Crippen LogP contribution in [-0.4, -0.2) is 57.1 Å². The molecule has 2 heterocycles. The summed E-state index contributed by atoms with van der Waals surface area (Å²) in [5.41, 5.74) is 1.28. The van der Waals surface area contributed by atoms with Gasteiger partial charge in [0.25, 0.3) is 5.91 Å². The molecule has 0 radical (unpaired) electrons. The van der Waals surface area contributed by atoms with Gasteiger partial charge in [-0.25, -0.2) is 4.79 Å². The lowest BCUT2D eigenvalue weighted by molar-refractivity contribution is 0.0142. The maximum Gasteiger partial charge on any atom is 0.410 e. The fraction of sp³-hybridized carbons (Fsp3) is 0.500. The number of carbonyl (C=O) groups is 2. The van der Waals surface area contributed by atoms with E-state index in [0.29, 0.717) is 19.1 Å². The van der Waals surface area contributed by atoms with Crippen molar-refractivity contribution in [3.63, 3.8) is 0 Å². The number of ether oxygens (including phenoxy) is 1. The second-order valence-corrected chi connectivity index (χ2v) is 9.28. The number of benzene rings is 1. The molecule has 0 N–H and O–H groups in total. The Labute approximate surface area is 178 Å². The number of aromatic nitrogens is 1. The summed E-state index contributed by atoms with van der Waals surface area (Å²) in [6.45, 7) is 6.90. The van der Waals surface area contributed by atoms with Gasteiger partial charge in [0.2, 0.25) is 0 Å². The monoisotopic (exact) mass is 409 g/mol. The van der Waals surface area contributed by atoms with Crippen LogP contribution in [-0.2, 0) is 4.74 Å². The molecule has 30 heavy (non-hydrogen) atoms. The molecule has 6 heteroatoms. The third kappa shape index (κ3) is 4.69. The Bertz CT molecular complexity index is 871. The highest BCUT2D eigenvalue weighted by atomic mass is 16.6.